The maximum atomic E-state index is 3.78. The summed E-state index contributed by atoms with van der Waals surface area (Å²) in [6.45, 7) is 49.9. The van der Waals surface area contributed by atoms with E-state index in [9.17, 15) is 0 Å². The number of rotatable bonds is 12. The fourth-order valence-corrected chi connectivity index (χ4v) is 16.8. The van der Waals surface area contributed by atoms with Gasteiger partial charge in [0.25, 0.3) is 0 Å². The summed E-state index contributed by atoms with van der Waals surface area (Å²) in [6, 6.07) is 70.0. The first-order valence-electron chi connectivity index (χ1n) is 37.3. The van der Waals surface area contributed by atoms with Gasteiger partial charge >= 0.3 is 0 Å². The SMILES string of the molecule is CCc1cc(Br)c2ccc3c(CC)cc(Br)c4ccc1c2c43.CCc1cc(N(c2cc(C)ccc2C)c2cc(C(C)(C)C)ccc2C)c2ccc3c(CC)cc(N(c4cc(C)ccc4C)c4cc(C(C)(C)C)ccc4C)c4ccc1c2c34.Cc1ccc(C)c(Cc2cc(C(C)(C)C)ccc2C)c1. The third-order valence-electron chi connectivity index (χ3n) is 21.9. The average molecular weight is 1470 g/mol. The van der Waals surface area contributed by atoms with Gasteiger partial charge in [-0.1, -0.05) is 261 Å². The highest BCUT2D eigenvalue weighted by Crippen LogP contribution is 2.52. The Bertz CT molecular complexity index is 5220. The molecule has 14 aromatic rings. The van der Waals surface area contributed by atoms with Crippen molar-refractivity contribution >= 4 is 131 Å². The number of nitrogens with zero attached hydrogens (tertiary/aromatic N) is 2. The van der Waals surface area contributed by atoms with Crippen molar-refractivity contribution in [3.05, 3.63) is 291 Å². The molecular formula is C98H106Br2N2. The average Bonchev–Trinajstić information content (AvgIpc) is 0.709. The van der Waals surface area contributed by atoms with Crippen molar-refractivity contribution in [2.75, 3.05) is 9.80 Å². The molecule has 0 aliphatic heterocycles. The van der Waals surface area contributed by atoms with Gasteiger partial charge < -0.3 is 9.80 Å². The van der Waals surface area contributed by atoms with E-state index in [2.05, 4.69) is 376 Å². The lowest BCUT2D eigenvalue weighted by Gasteiger charge is -2.34. The van der Waals surface area contributed by atoms with Crippen LogP contribution in [0.15, 0.2) is 191 Å². The highest BCUT2D eigenvalue weighted by molar-refractivity contribution is 9.11. The van der Waals surface area contributed by atoms with Crippen molar-refractivity contribution in [1.29, 1.82) is 0 Å². The minimum absolute atomic E-state index is 0.00619. The first-order chi connectivity index (χ1) is 48.3. The summed E-state index contributed by atoms with van der Waals surface area (Å²) in [4.78, 5) is 5.17. The Morgan fingerprint density at radius 2 is 0.510 bits per heavy atom. The third kappa shape index (κ3) is 14.1. The first kappa shape index (κ1) is 73.5. The van der Waals surface area contributed by atoms with Gasteiger partial charge in [-0.25, -0.2) is 0 Å². The molecule has 0 unspecified atom stereocenters. The lowest BCUT2D eigenvalue weighted by Crippen LogP contribution is -2.17. The van der Waals surface area contributed by atoms with E-state index in [-0.39, 0.29) is 16.2 Å². The van der Waals surface area contributed by atoms with Gasteiger partial charge in [-0.15, -0.1) is 0 Å². The van der Waals surface area contributed by atoms with Crippen LogP contribution in [0.5, 0.6) is 0 Å². The third-order valence-corrected chi connectivity index (χ3v) is 23.3. The van der Waals surface area contributed by atoms with E-state index < -0.39 is 0 Å². The predicted molar refractivity (Wildman–Crippen MR) is 457 cm³/mol. The van der Waals surface area contributed by atoms with Gasteiger partial charge in [-0.3, -0.25) is 0 Å². The van der Waals surface area contributed by atoms with Crippen LogP contribution in [-0.2, 0) is 48.3 Å². The molecule has 0 N–H and O–H groups in total. The lowest BCUT2D eigenvalue weighted by molar-refractivity contribution is 0.589. The van der Waals surface area contributed by atoms with Gasteiger partial charge in [0.05, 0.1) is 11.4 Å². The standard InChI is InChI=1S/C58H64N2.C20H16Br2.C20H26/c1-15-41-31-53(59(49-29-35(3)17-19-37(49)5)51-33-43(57(9,10)11)23-21-39(51)7)47-28-26-46-42(16-2)32-54(48-27-25-45(41)55(47)56(46)48)60(50-30-36(4)18-20-38(50)6)52-34-44(58(12,13)14)24-22-40(52)8;1-3-11-9-17(21)15-8-6-14-12(4-2)10-18(22)16-7-5-13(11)19(15)20(14)16;1-14-7-8-15(2)17(11-14)12-18-13-19(20(4,5)6)10-9-16(18)3/h17-34H,15-16H2,1-14H3;5-10H,3-4H2,1-2H3;7-11,13H,12H2,1-6H3. The molecule has 0 atom stereocenters. The Morgan fingerprint density at radius 1 is 0.245 bits per heavy atom. The fourth-order valence-electron chi connectivity index (χ4n) is 15.5. The molecule has 0 aliphatic carbocycles. The second kappa shape index (κ2) is 28.7. The Hall–Kier alpha value is -8.28. The van der Waals surface area contributed by atoms with E-state index >= 15 is 0 Å². The van der Waals surface area contributed by atoms with Crippen molar-refractivity contribution in [3.63, 3.8) is 0 Å². The van der Waals surface area contributed by atoms with E-state index in [0.717, 1.165) is 32.1 Å². The number of anilines is 6. The predicted octanol–water partition coefficient (Wildman–Crippen LogP) is 29.8. The molecule has 4 heteroatoms. The molecular weight excluding hydrogens is 1360 g/mol. The van der Waals surface area contributed by atoms with Crippen molar-refractivity contribution in [1.82, 2.24) is 0 Å². The highest BCUT2D eigenvalue weighted by atomic mass is 79.9. The summed E-state index contributed by atoms with van der Waals surface area (Å²) in [7, 11) is 0. The fraction of sp³-hybridized carbons (Fsp3) is 0.306. The van der Waals surface area contributed by atoms with E-state index in [1.165, 1.54) is 208 Å². The van der Waals surface area contributed by atoms with Crippen molar-refractivity contribution in [2.45, 2.75) is 201 Å². The maximum absolute atomic E-state index is 3.78. The van der Waals surface area contributed by atoms with Crippen LogP contribution in [0.4, 0.5) is 34.1 Å². The number of aryl methyl sites for hydroxylation is 13. The van der Waals surface area contributed by atoms with Gasteiger partial charge in [0.15, 0.2) is 0 Å². The smallest absolute Gasteiger partial charge is 0.0543 e. The Labute approximate surface area is 627 Å². The van der Waals surface area contributed by atoms with E-state index in [4.69, 9.17) is 0 Å². The van der Waals surface area contributed by atoms with E-state index in [1.807, 2.05) is 0 Å². The zero-order chi connectivity index (χ0) is 73.3. The normalized spacial score (nSPS) is 12.1. The molecule has 14 rings (SSSR count). The minimum atomic E-state index is 0.00619. The molecule has 0 bridgehead atoms. The molecule has 102 heavy (non-hydrogen) atoms. The van der Waals surface area contributed by atoms with Crippen LogP contribution >= 0.6 is 31.9 Å². The molecule has 2 nitrogen and oxygen atoms in total. The molecule has 0 saturated heterocycles. The zero-order valence-electron chi connectivity index (χ0n) is 65.0. The summed E-state index contributed by atoms with van der Waals surface area (Å²) < 4.78 is 2.40. The lowest BCUT2D eigenvalue weighted by atomic mass is 9.84. The van der Waals surface area contributed by atoms with Gasteiger partial charge in [-0.05, 0) is 308 Å². The quantitative estimate of drug-likeness (QED) is 0.113. The van der Waals surface area contributed by atoms with Crippen LogP contribution in [0, 0.1) is 62.3 Å². The highest BCUT2D eigenvalue weighted by Gasteiger charge is 2.29. The molecule has 14 aromatic carbocycles. The summed E-state index contributed by atoms with van der Waals surface area (Å²) >= 11 is 7.55. The monoisotopic (exact) mass is 1470 g/mol. The van der Waals surface area contributed by atoms with Gasteiger partial charge in [0.2, 0.25) is 0 Å². The molecule has 0 aromatic heterocycles. The number of halogens is 2. The number of benzene rings is 14. The van der Waals surface area contributed by atoms with Crippen LogP contribution in [0.25, 0.3) is 64.6 Å². The molecule has 522 valence electrons. The molecule has 0 amide bonds. The van der Waals surface area contributed by atoms with E-state index in [1.54, 1.807) is 0 Å². The van der Waals surface area contributed by atoms with Gasteiger partial charge in [0.1, 0.15) is 0 Å². The molecule has 0 aliphatic rings. The second-order valence-electron chi connectivity index (χ2n) is 32.5. The van der Waals surface area contributed by atoms with Crippen molar-refractivity contribution in [2.24, 2.45) is 0 Å². The summed E-state index contributed by atoms with van der Waals surface area (Å²) in [6.07, 6.45) is 5.00. The van der Waals surface area contributed by atoms with Crippen LogP contribution in [0.1, 0.15) is 190 Å². The van der Waals surface area contributed by atoms with Crippen molar-refractivity contribution < 1.29 is 0 Å². The Kier molecular flexibility index (Phi) is 20.7. The van der Waals surface area contributed by atoms with Crippen LogP contribution in [0.3, 0.4) is 0 Å². The van der Waals surface area contributed by atoms with Gasteiger partial charge in [-0.2, -0.15) is 0 Å². The number of hydrogen-bond acceptors (Lipinski definition) is 2. The largest absolute Gasteiger partial charge is 0.309 e. The van der Waals surface area contributed by atoms with Crippen LogP contribution < -0.4 is 9.80 Å². The van der Waals surface area contributed by atoms with Gasteiger partial charge in [0, 0.05) is 42.5 Å². The first-order valence-corrected chi connectivity index (χ1v) is 38.9. The topological polar surface area (TPSA) is 6.48 Å². The second-order valence-corrected chi connectivity index (χ2v) is 34.2. The zero-order valence-corrected chi connectivity index (χ0v) is 68.2. The van der Waals surface area contributed by atoms with Crippen molar-refractivity contribution in [3.8, 4) is 0 Å². The Balaban J connectivity index is 0.000000188. The van der Waals surface area contributed by atoms with E-state index in [0.29, 0.717) is 0 Å². The maximum Gasteiger partial charge on any atom is 0.0543 e. The summed E-state index contributed by atoms with van der Waals surface area (Å²) in [5.41, 5.74) is 31.8. The molecule has 0 fully saturated rings. The van der Waals surface area contributed by atoms with Crippen LogP contribution in [-0.4, -0.2) is 0 Å². The van der Waals surface area contributed by atoms with Crippen LogP contribution in [0.2, 0.25) is 0 Å². The minimum Gasteiger partial charge on any atom is -0.309 e. The molecule has 0 saturated carbocycles. The molecule has 0 heterocycles. The molecule has 0 radical (unpaired) electrons. The summed E-state index contributed by atoms with van der Waals surface area (Å²) in [5.74, 6) is 0. The summed E-state index contributed by atoms with van der Waals surface area (Å²) in [5, 5.41) is 16.2. The number of hydrogen-bond donors (Lipinski definition) is 0. The Morgan fingerprint density at radius 3 is 0.863 bits per heavy atom. The molecule has 0 spiro atoms.